The molecule has 2 rings (SSSR count). The molecule has 0 aromatic carbocycles. The largest absolute Gasteiger partial charge is 0.360 e. The van der Waals surface area contributed by atoms with Crippen molar-refractivity contribution >= 4 is 33.7 Å². The van der Waals surface area contributed by atoms with Gasteiger partial charge < -0.3 is 10.6 Å². The normalized spacial score (nSPS) is 12.2. The number of aryl methyl sites for hydroxylation is 1. The molecule has 0 fully saturated rings. The first-order valence-corrected chi connectivity index (χ1v) is 8.10. The minimum absolute atomic E-state index is 0.126. The van der Waals surface area contributed by atoms with Crippen molar-refractivity contribution in [3.63, 3.8) is 0 Å². The summed E-state index contributed by atoms with van der Waals surface area (Å²) in [5.74, 6) is -0.215. The summed E-state index contributed by atoms with van der Waals surface area (Å²) < 4.78 is 0. The zero-order valence-corrected chi connectivity index (χ0v) is 13.3. The Bertz CT molecular complexity index is 580. The Morgan fingerprint density at radius 3 is 2.80 bits per heavy atom. The van der Waals surface area contributed by atoms with Gasteiger partial charge in [0, 0.05) is 17.6 Å². The van der Waals surface area contributed by atoms with Crippen LogP contribution in [0.3, 0.4) is 0 Å². The Kier molecular flexibility index (Phi) is 5.02. The molecule has 1 amide bonds. The number of aromatic nitrogens is 3. The first kappa shape index (κ1) is 14.9. The lowest BCUT2D eigenvalue weighted by Crippen LogP contribution is -2.26. The summed E-state index contributed by atoms with van der Waals surface area (Å²) >= 11 is 2.87. The van der Waals surface area contributed by atoms with Gasteiger partial charge in [0.1, 0.15) is 5.01 Å². The molecule has 0 radical (unpaired) electrons. The molecule has 0 aliphatic rings. The molecular formula is C12H17N5OS2. The monoisotopic (exact) mass is 311 g/mol. The minimum atomic E-state index is -0.215. The molecule has 0 saturated heterocycles. The van der Waals surface area contributed by atoms with E-state index in [9.17, 15) is 4.79 Å². The number of carbonyl (C=O) groups is 1. The van der Waals surface area contributed by atoms with E-state index in [0.717, 1.165) is 18.0 Å². The highest BCUT2D eigenvalue weighted by molar-refractivity contribution is 7.17. The van der Waals surface area contributed by atoms with Crippen molar-refractivity contribution in [2.75, 3.05) is 11.9 Å². The highest BCUT2D eigenvalue weighted by atomic mass is 32.1. The second-order valence-corrected chi connectivity index (χ2v) is 6.28. The highest BCUT2D eigenvalue weighted by Gasteiger charge is 2.17. The second-order valence-electron chi connectivity index (χ2n) is 4.16. The van der Waals surface area contributed by atoms with E-state index in [4.69, 9.17) is 0 Å². The van der Waals surface area contributed by atoms with Gasteiger partial charge in [0.05, 0.1) is 6.04 Å². The molecule has 1 unspecified atom stereocenters. The average molecular weight is 311 g/mol. The predicted octanol–water partition coefficient (Wildman–Crippen LogP) is 2.48. The van der Waals surface area contributed by atoms with Gasteiger partial charge in [0.2, 0.25) is 10.1 Å². The van der Waals surface area contributed by atoms with Crippen molar-refractivity contribution in [3.05, 3.63) is 21.1 Å². The van der Waals surface area contributed by atoms with E-state index in [2.05, 4.69) is 32.7 Å². The molecule has 2 aromatic rings. The van der Waals surface area contributed by atoms with E-state index in [1.54, 1.807) is 11.3 Å². The third kappa shape index (κ3) is 3.51. The zero-order chi connectivity index (χ0) is 14.5. The molecule has 2 heterocycles. The van der Waals surface area contributed by atoms with Crippen LogP contribution in [-0.4, -0.2) is 27.6 Å². The van der Waals surface area contributed by atoms with Crippen LogP contribution in [0.25, 0.3) is 0 Å². The van der Waals surface area contributed by atoms with Gasteiger partial charge in [-0.1, -0.05) is 18.3 Å². The molecule has 8 heteroatoms. The summed E-state index contributed by atoms with van der Waals surface area (Å²) in [6, 6.07) is -0.126. The summed E-state index contributed by atoms with van der Waals surface area (Å²) in [6.45, 7) is 6.73. The third-order valence-electron chi connectivity index (χ3n) is 2.59. The number of nitrogens with one attached hydrogen (secondary N) is 2. The Labute approximate surface area is 125 Å². The molecule has 6 nitrogen and oxygen atoms in total. The lowest BCUT2D eigenvalue weighted by atomic mass is 10.3. The van der Waals surface area contributed by atoms with Gasteiger partial charge in [-0.3, -0.25) is 4.79 Å². The van der Waals surface area contributed by atoms with Crippen LogP contribution in [0, 0.1) is 0 Å². The van der Waals surface area contributed by atoms with Crippen LogP contribution in [0.5, 0.6) is 0 Å². The highest BCUT2D eigenvalue weighted by Crippen LogP contribution is 2.21. The lowest BCUT2D eigenvalue weighted by molar-refractivity contribution is 0.0938. The number of carbonyl (C=O) groups excluding carboxylic acids is 1. The fraction of sp³-hybridized carbons (Fsp3) is 0.500. The van der Waals surface area contributed by atoms with Gasteiger partial charge in [-0.2, -0.15) is 0 Å². The molecule has 0 spiro atoms. The quantitative estimate of drug-likeness (QED) is 0.856. The van der Waals surface area contributed by atoms with Crippen molar-refractivity contribution in [2.24, 2.45) is 0 Å². The molecule has 2 N–H and O–H groups in total. The number of hydrogen-bond donors (Lipinski definition) is 2. The second kappa shape index (κ2) is 6.76. The van der Waals surface area contributed by atoms with Crippen molar-refractivity contribution in [1.82, 2.24) is 20.5 Å². The van der Waals surface area contributed by atoms with Gasteiger partial charge in [0.25, 0.3) is 5.91 Å². The number of rotatable bonds is 6. The van der Waals surface area contributed by atoms with Crippen molar-refractivity contribution < 1.29 is 4.79 Å². The smallest absolute Gasteiger partial charge is 0.282 e. The maximum absolute atomic E-state index is 12.1. The van der Waals surface area contributed by atoms with E-state index in [1.165, 1.54) is 16.2 Å². The van der Waals surface area contributed by atoms with Gasteiger partial charge in [-0.25, -0.2) is 4.98 Å². The summed E-state index contributed by atoms with van der Waals surface area (Å²) in [6.07, 6.45) is 2.82. The molecule has 108 valence electrons. The number of anilines is 1. The Morgan fingerprint density at radius 2 is 2.15 bits per heavy atom. The van der Waals surface area contributed by atoms with Crippen molar-refractivity contribution in [2.45, 2.75) is 33.2 Å². The topological polar surface area (TPSA) is 79.8 Å². The predicted molar refractivity (Wildman–Crippen MR) is 81.4 cm³/mol. The molecule has 0 aliphatic heterocycles. The number of nitrogens with zero attached hydrogens (tertiary/aromatic N) is 3. The lowest BCUT2D eigenvalue weighted by Gasteiger charge is -2.09. The number of hydrogen-bond acceptors (Lipinski definition) is 7. The van der Waals surface area contributed by atoms with Crippen molar-refractivity contribution in [1.29, 1.82) is 0 Å². The average Bonchev–Trinajstić information content (AvgIpc) is 3.07. The van der Waals surface area contributed by atoms with Crippen molar-refractivity contribution in [3.8, 4) is 0 Å². The Morgan fingerprint density at radius 1 is 1.35 bits per heavy atom. The van der Waals surface area contributed by atoms with Gasteiger partial charge in [-0.05, 0) is 20.3 Å². The summed E-state index contributed by atoms with van der Waals surface area (Å²) in [5, 5.41) is 15.6. The maximum Gasteiger partial charge on any atom is 0.282 e. The minimum Gasteiger partial charge on any atom is -0.360 e. The fourth-order valence-electron chi connectivity index (χ4n) is 1.54. The molecule has 0 bridgehead atoms. The van der Waals surface area contributed by atoms with Gasteiger partial charge in [-0.15, -0.1) is 21.5 Å². The number of thiazole rings is 1. The molecule has 0 aliphatic carbocycles. The first-order valence-electron chi connectivity index (χ1n) is 6.46. The zero-order valence-electron chi connectivity index (χ0n) is 11.6. The van der Waals surface area contributed by atoms with Crippen LogP contribution >= 0.6 is 22.7 Å². The third-order valence-corrected chi connectivity index (χ3v) is 4.79. The van der Waals surface area contributed by atoms with Crippen LogP contribution in [-0.2, 0) is 6.42 Å². The van der Waals surface area contributed by atoms with Gasteiger partial charge in [0.15, 0.2) is 0 Å². The Hall–Kier alpha value is -1.54. The van der Waals surface area contributed by atoms with E-state index in [1.807, 2.05) is 20.0 Å². The molecule has 2 aromatic heterocycles. The first-order chi connectivity index (χ1) is 9.63. The van der Waals surface area contributed by atoms with E-state index in [-0.39, 0.29) is 11.9 Å². The van der Waals surface area contributed by atoms with Crippen LogP contribution in [0.1, 0.15) is 46.5 Å². The molecular weight excluding hydrogens is 294 g/mol. The standard InChI is InChI=1S/C12H17N5OS2/c1-4-8-6-14-10(19-8)7(3)15-9(18)11-16-17-12(20-11)13-5-2/h6-7H,4-5H2,1-3H3,(H,13,17)(H,15,18). The van der Waals surface area contributed by atoms with E-state index in [0.29, 0.717) is 10.1 Å². The van der Waals surface area contributed by atoms with Crippen LogP contribution < -0.4 is 10.6 Å². The van der Waals surface area contributed by atoms with Crippen LogP contribution in [0.2, 0.25) is 0 Å². The summed E-state index contributed by atoms with van der Waals surface area (Å²) in [4.78, 5) is 17.6. The maximum atomic E-state index is 12.1. The fourth-order valence-corrected chi connectivity index (χ4v) is 3.12. The molecule has 1 atom stereocenters. The van der Waals surface area contributed by atoms with E-state index < -0.39 is 0 Å². The SMILES string of the molecule is CCNc1nnc(C(=O)NC(C)c2ncc(CC)s2)s1. The van der Waals surface area contributed by atoms with E-state index >= 15 is 0 Å². The summed E-state index contributed by atoms with van der Waals surface area (Å²) in [5.41, 5.74) is 0. The van der Waals surface area contributed by atoms with Crippen LogP contribution in [0.4, 0.5) is 5.13 Å². The van der Waals surface area contributed by atoms with Crippen LogP contribution in [0.15, 0.2) is 6.20 Å². The molecule has 20 heavy (non-hydrogen) atoms. The Balaban J connectivity index is 1.99. The number of amides is 1. The summed E-state index contributed by atoms with van der Waals surface area (Å²) in [7, 11) is 0. The molecule has 0 saturated carbocycles. The van der Waals surface area contributed by atoms with Gasteiger partial charge >= 0.3 is 0 Å².